The van der Waals surface area contributed by atoms with Crippen LogP contribution in [-0.4, -0.2) is 25.9 Å². The minimum absolute atomic E-state index is 0.150. The smallest absolute Gasteiger partial charge is 0.154 e. The zero-order chi connectivity index (χ0) is 11.5. The molecule has 0 saturated carbocycles. The molecule has 1 rings (SSSR count). The molecule has 1 nitrogen and oxygen atoms in total. The molecule has 0 aliphatic carbocycles. The van der Waals surface area contributed by atoms with Crippen molar-refractivity contribution >= 4 is 13.4 Å². The van der Waals surface area contributed by atoms with E-state index in [1.165, 1.54) is 5.19 Å². The van der Waals surface area contributed by atoms with Gasteiger partial charge in [-0.3, -0.25) is 0 Å². The van der Waals surface area contributed by atoms with Gasteiger partial charge in [0.25, 0.3) is 0 Å². The Bertz CT molecular complexity index is 304. The van der Waals surface area contributed by atoms with Crippen molar-refractivity contribution < 1.29 is 4.39 Å². The lowest BCUT2D eigenvalue weighted by Crippen LogP contribution is -2.57. The molecule has 0 aromatic heterocycles. The predicted molar refractivity (Wildman–Crippen MR) is 66.4 cm³/mol. The summed E-state index contributed by atoms with van der Waals surface area (Å²) in [5.41, 5.74) is 0. The highest BCUT2D eigenvalue weighted by molar-refractivity contribution is 6.87. The molecule has 15 heavy (non-hydrogen) atoms. The van der Waals surface area contributed by atoms with E-state index in [1.807, 2.05) is 12.1 Å². The average molecular weight is 225 g/mol. The summed E-state index contributed by atoms with van der Waals surface area (Å²) in [7, 11) is -1.57. The topological polar surface area (TPSA) is 3.24 Å². The highest BCUT2D eigenvalue weighted by Gasteiger charge is 2.29. The first-order valence-corrected chi connectivity index (χ1v) is 8.48. The minimum atomic E-state index is -1.57. The Hall–Kier alpha value is -0.673. The number of hydrogen-bond donors (Lipinski definition) is 0. The molecule has 0 fully saturated rings. The lowest BCUT2D eigenvalue weighted by Gasteiger charge is -2.35. The largest absolute Gasteiger partial charge is 0.321 e. The van der Waals surface area contributed by atoms with Gasteiger partial charge in [0.2, 0.25) is 0 Å². The van der Waals surface area contributed by atoms with Crippen LogP contribution in [0.3, 0.4) is 0 Å². The van der Waals surface area contributed by atoms with E-state index in [0.717, 1.165) is 13.1 Å². The van der Waals surface area contributed by atoms with Gasteiger partial charge in [0.15, 0.2) is 8.24 Å². The molecule has 0 N–H and O–H groups in total. The SMILES string of the molecule is CCN(CC)[Si](C)(C)c1ccc(F)cc1. The van der Waals surface area contributed by atoms with E-state index in [1.54, 1.807) is 12.1 Å². The summed E-state index contributed by atoms with van der Waals surface area (Å²) in [6.07, 6.45) is 0. The van der Waals surface area contributed by atoms with Crippen LogP contribution in [0.15, 0.2) is 24.3 Å². The van der Waals surface area contributed by atoms with E-state index in [4.69, 9.17) is 0 Å². The lowest BCUT2D eigenvalue weighted by atomic mass is 10.3. The Labute approximate surface area is 93.0 Å². The second kappa shape index (κ2) is 4.90. The second-order valence-electron chi connectivity index (χ2n) is 4.24. The fourth-order valence-corrected chi connectivity index (χ4v) is 4.98. The van der Waals surface area contributed by atoms with Gasteiger partial charge in [-0.15, -0.1) is 0 Å². The van der Waals surface area contributed by atoms with Gasteiger partial charge in [-0.2, -0.15) is 0 Å². The maximum absolute atomic E-state index is 12.8. The molecule has 84 valence electrons. The molecule has 0 radical (unpaired) electrons. The van der Waals surface area contributed by atoms with Crippen molar-refractivity contribution in [1.82, 2.24) is 4.57 Å². The van der Waals surface area contributed by atoms with Gasteiger partial charge in [-0.25, -0.2) is 4.39 Å². The van der Waals surface area contributed by atoms with Gasteiger partial charge in [0.1, 0.15) is 5.82 Å². The number of rotatable bonds is 4. The average Bonchev–Trinajstić information content (AvgIpc) is 2.19. The molecule has 0 aliphatic rings. The first-order valence-electron chi connectivity index (χ1n) is 5.53. The van der Waals surface area contributed by atoms with Gasteiger partial charge in [0.05, 0.1) is 0 Å². The maximum Gasteiger partial charge on any atom is 0.154 e. The summed E-state index contributed by atoms with van der Waals surface area (Å²) < 4.78 is 15.3. The molecule has 0 amide bonds. The summed E-state index contributed by atoms with van der Waals surface area (Å²) in [5.74, 6) is -0.150. The predicted octanol–water partition coefficient (Wildman–Crippen LogP) is 2.58. The fourth-order valence-electron chi connectivity index (χ4n) is 2.05. The zero-order valence-electron chi connectivity index (χ0n) is 10.0. The van der Waals surface area contributed by atoms with Crippen molar-refractivity contribution in [3.05, 3.63) is 30.1 Å². The molecule has 0 atom stereocenters. The Morgan fingerprint density at radius 3 is 1.93 bits per heavy atom. The summed E-state index contributed by atoms with van der Waals surface area (Å²) in [5, 5.41) is 1.30. The Morgan fingerprint density at radius 1 is 1.07 bits per heavy atom. The van der Waals surface area contributed by atoms with E-state index < -0.39 is 8.24 Å². The van der Waals surface area contributed by atoms with Gasteiger partial charge >= 0.3 is 0 Å². The highest BCUT2D eigenvalue weighted by Crippen LogP contribution is 2.10. The van der Waals surface area contributed by atoms with Crippen LogP contribution in [0, 0.1) is 5.82 Å². The van der Waals surface area contributed by atoms with Crippen LogP contribution >= 0.6 is 0 Å². The molecule has 0 unspecified atom stereocenters. The van der Waals surface area contributed by atoms with Gasteiger partial charge < -0.3 is 4.57 Å². The first kappa shape index (κ1) is 12.4. The third kappa shape index (κ3) is 2.67. The molecule has 0 saturated heterocycles. The lowest BCUT2D eigenvalue weighted by molar-refractivity contribution is 0.474. The van der Waals surface area contributed by atoms with Crippen molar-refractivity contribution in [3.8, 4) is 0 Å². The fraction of sp³-hybridized carbons (Fsp3) is 0.500. The van der Waals surface area contributed by atoms with E-state index in [2.05, 4.69) is 31.5 Å². The summed E-state index contributed by atoms with van der Waals surface area (Å²) in [6.45, 7) is 11.1. The number of halogens is 1. The second-order valence-corrected chi connectivity index (χ2v) is 8.57. The molecule has 0 heterocycles. The Morgan fingerprint density at radius 2 is 1.53 bits per heavy atom. The van der Waals surface area contributed by atoms with Gasteiger partial charge in [-0.1, -0.05) is 39.1 Å². The monoisotopic (exact) mass is 225 g/mol. The third-order valence-electron chi connectivity index (χ3n) is 3.10. The maximum atomic E-state index is 12.8. The van der Waals surface area contributed by atoms with Crippen molar-refractivity contribution in [2.24, 2.45) is 0 Å². The standard InChI is InChI=1S/C12H20FNSi/c1-5-14(6-2)15(3,4)12-9-7-11(13)8-10-12/h7-10H,5-6H2,1-4H3. The molecule has 1 aromatic rings. The highest BCUT2D eigenvalue weighted by atomic mass is 28.3. The summed E-state index contributed by atoms with van der Waals surface area (Å²) in [6, 6.07) is 6.99. The van der Waals surface area contributed by atoms with Crippen molar-refractivity contribution in [2.75, 3.05) is 13.1 Å². The molecule has 0 aliphatic heterocycles. The van der Waals surface area contributed by atoms with E-state index in [9.17, 15) is 4.39 Å². The van der Waals surface area contributed by atoms with Crippen LogP contribution in [-0.2, 0) is 0 Å². The van der Waals surface area contributed by atoms with Crippen molar-refractivity contribution in [1.29, 1.82) is 0 Å². The quantitative estimate of drug-likeness (QED) is 0.712. The van der Waals surface area contributed by atoms with E-state index >= 15 is 0 Å². The minimum Gasteiger partial charge on any atom is -0.321 e. The summed E-state index contributed by atoms with van der Waals surface area (Å²) in [4.78, 5) is 0. The van der Waals surface area contributed by atoms with Crippen molar-refractivity contribution in [2.45, 2.75) is 26.9 Å². The number of nitrogens with zero attached hydrogens (tertiary/aromatic N) is 1. The Kier molecular flexibility index (Phi) is 4.05. The molecular formula is C12H20FNSi. The molecular weight excluding hydrogens is 205 g/mol. The van der Waals surface area contributed by atoms with Crippen LogP contribution in [0.2, 0.25) is 13.1 Å². The first-order chi connectivity index (χ1) is 7.02. The Balaban J connectivity index is 2.98. The van der Waals surface area contributed by atoms with Crippen LogP contribution in [0.25, 0.3) is 0 Å². The molecule has 1 aromatic carbocycles. The summed E-state index contributed by atoms with van der Waals surface area (Å²) >= 11 is 0. The third-order valence-corrected chi connectivity index (χ3v) is 7.06. The van der Waals surface area contributed by atoms with Gasteiger partial charge in [0, 0.05) is 0 Å². The zero-order valence-corrected chi connectivity index (χ0v) is 11.0. The molecule has 3 heteroatoms. The van der Waals surface area contributed by atoms with E-state index in [0.29, 0.717) is 0 Å². The molecule has 0 bridgehead atoms. The van der Waals surface area contributed by atoms with E-state index in [-0.39, 0.29) is 5.82 Å². The van der Waals surface area contributed by atoms with Crippen LogP contribution in [0.4, 0.5) is 4.39 Å². The van der Waals surface area contributed by atoms with Gasteiger partial charge in [-0.05, 0) is 30.4 Å². The number of benzene rings is 1. The molecule has 0 spiro atoms. The van der Waals surface area contributed by atoms with Crippen LogP contribution < -0.4 is 5.19 Å². The van der Waals surface area contributed by atoms with Crippen LogP contribution in [0.1, 0.15) is 13.8 Å². The normalized spacial score (nSPS) is 12.1. The van der Waals surface area contributed by atoms with Crippen molar-refractivity contribution in [3.63, 3.8) is 0 Å². The number of hydrogen-bond acceptors (Lipinski definition) is 1. The van der Waals surface area contributed by atoms with Crippen LogP contribution in [0.5, 0.6) is 0 Å².